The summed E-state index contributed by atoms with van der Waals surface area (Å²) in [5.41, 5.74) is -0.476. The van der Waals surface area contributed by atoms with Gasteiger partial charge in [-0.1, -0.05) is 0 Å². The van der Waals surface area contributed by atoms with Crippen molar-refractivity contribution in [1.82, 2.24) is 5.32 Å². The van der Waals surface area contributed by atoms with Gasteiger partial charge >= 0.3 is 0 Å². The highest BCUT2D eigenvalue weighted by Gasteiger charge is 2.32. The molecule has 1 atom stereocenters. The number of sulfone groups is 1. The van der Waals surface area contributed by atoms with Crippen LogP contribution in [0, 0.1) is 0 Å². The molecule has 2 rings (SSSR count). The summed E-state index contributed by atoms with van der Waals surface area (Å²) in [6.07, 6.45) is 3.45. The van der Waals surface area contributed by atoms with Gasteiger partial charge in [-0.15, -0.1) is 0 Å². The molecule has 5 nitrogen and oxygen atoms in total. The normalized spacial score (nSPS) is 18.6. The van der Waals surface area contributed by atoms with Crippen molar-refractivity contribution in [3.63, 3.8) is 0 Å². The van der Waals surface area contributed by atoms with E-state index in [0.29, 0.717) is 18.4 Å². The van der Waals surface area contributed by atoms with Crippen molar-refractivity contribution >= 4 is 9.84 Å². The summed E-state index contributed by atoms with van der Waals surface area (Å²) in [6, 6.07) is 6.78. The van der Waals surface area contributed by atoms with Gasteiger partial charge in [-0.25, -0.2) is 8.42 Å². The smallest absolute Gasteiger partial charge is 0.175 e. The molecule has 20 heavy (non-hydrogen) atoms. The fourth-order valence-electron chi connectivity index (χ4n) is 1.88. The molecule has 0 amide bonds. The molecular formula is C14H21NO4S. The third kappa shape index (κ3) is 4.19. The van der Waals surface area contributed by atoms with Crippen molar-refractivity contribution in [2.75, 3.05) is 19.5 Å². The molecule has 2 N–H and O–H groups in total. The number of aliphatic hydroxyl groups is 1. The maximum absolute atomic E-state index is 11.4. The van der Waals surface area contributed by atoms with Crippen molar-refractivity contribution in [1.29, 1.82) is 0 Å². The number of hydrogen-bond donors (Lipinski definition) is 2. The van der Waals surface area contributed by atoms with Gasteiger partial charge in [-0.05, 0) is 44.0 Å². The highest BCUT2D eigenvalue weighted by Crippen LogP contribution is 2.23. The fourth-order valence-corrected chi connectivity index (χ4v) is 2.51. The van der Waals surface area contributed by atoms with Crippen LogP contribution in [0.25, 0.3) is 0 Å². The quantitative estimate of drug-likeness (QED) is 0.785. The van der Waals surface area contributed by atoms with Gasteiger partial charge in [0.15, 0.2) is 9.84 Å². The molecule has 1 fully saturated rings. The van der Waals surface area contributed by atoms with Gasteiger partial charge in [-0.3, -0.25) is 0 Å². The average Bonchev–Trinajstić information content (AvgIpc) is 3.20. The number of benzene rings is 1. The van der Waals surface area contributed by atoms with Crippen molar-refractivity contribution in [3.05, 3.63) is 24.3 Å². The Morgan fingerprint density at radius 2 is 1.95 bits per heavy atom. The summed E-state index contributed by atoms with van der Waals surface area (Å²) in [4.78, 5) is 0.269. The minimum absolute atomic E-state index is 0.00901. The van der Waals surface area contributed by atoms with Crippen molar-refractivity contribution < 1.29 is 18.3 Å². The molecule has 1 aliphatic rings. The number of nitrogens with one attached hydrogen (secondary N) is 1. The third-order valence-electron chi connectivity index (χ3n) is 3.29. The summed E-state index contributed by atoms with van der Waals surface area (Å²) in [7, 11) is -3.18. The largest absolute Gasteiger partial charge is 0.492 e. The second-order valence-corrected chi connectivity index (χ2v) is 7.69. The van der Waals surface area contributed by atoms with Crippen LogP contribution in [0.1, 0.15) is 19.8 Å². The second kappa shape index (κ2) is 5.71. The minimum atomic E-state index is -3.18. The van der Waals surface area contributed by atoms with E-state index in [1.54, 1.807) is 12.1 Å². The zero-order valence-electron chi connectivity index (χ0n) is 11.8. The van der Waals surface area contributed by atoms with Crippen LogP contribution in [0.5, 0.6) is 5.75 Å². The molecule has 112 valence electrons. The second-order valence-electron chi connectivity index (χ2n) is 5.67. The lowest BCUT2D eigenvalue weighted by molar-refractivity contribution is 0.114. The molecular weight excluding hydrogens is 278 g/mol. The topological polar surface area (TPSA) is 75.6 Å². The van der Waals surface area contributed by atoms with Gasteiger partial charge in [-0.2, -0.15) is 0 Å². The third-order valence-corrected chi connectivity index (χ3v) is 4.42. The highest BCUT2D eigenvalue weighted by atomic mass is 32.2. The van der Waals surface area contributed by atoms with Crippen molar-refractivity contribution in [2.24, 2.45) is 0 Å². The van der Waals surface area contributed by atoms with Crippen LogP contribution in [0.3, 0.4) is 0 Å². The Bertz CT molecular complexity index is 551. The molecule has 1 aliphatic carbocycles. The first-order valence-electron chi connectivity index (χ1n) is 6.64. The zero-order valence-corrected chi connectivity index (χ0v) is 12.6. The molecule has 0 saturated heterocycles. The van der Waals surface area contributed by atoms with Crippen LogP contribution in [-0.4, -0.2) is 44.6 Å². The van der Waals surface area contributed by atoms with E-state index in [9.17, 15) is 13.5 Å². The van der Waals surface area contributed by atoms with E-state index >= 15 is 0 Å². The maximum Gasteiger partial charge on any atom is 0.175 e. The van der Waals surface area contributed by atoms with E-state index in [4.69, 9.17) is 4.74 Å². The van der Waals surface area contributed by atoms with Crippen molar-refractivity contribution in [3.8, 4) is 5.75 Å². The molecule has 6 heteroatoms. The van der Waals surface area contributed by atoms with Gasteiger partial charge in [0.05, 0.1) is 17.0 Å². The van der Waals surface area contributed by atoms with Crippen molar-refractivity contribution in [2.45, 2.75) is 36.2 Å². The summed E-state index contributed by atoms with van der Waals surface area (Å²) in [6.45, 7) is 2.24. The Hall–Kier alpha value is -1.11. The SMILES string of the molecule is CC(CO)(COc1ccc(S(C)(=O)=O)cc1)NC1CC1. The Balaban J connectivity index is 1.95. The first-order chi connectivity index (χ1) is 9.32. The van der Waals surface area contributed by atoms with E-state index in [-0.39, 0.29) is 11.5 Å². The van der Waals surface area contributed by atoms with Gasteiger partial charge in [0.25, 0.3) is 0 Å². The highest BCUT2D eigenvalue weighted by molar-refractivity contribution is 7.90. The number of hydrogen-bond acceptors (Lipinski definition) is 5. The number of ether oxygens (including phenoxy) is 1. The van der Waals surface area contributed by atoms with Crippen LogP contribution in [0.4, 0.5) is 0 Å². The summed E-state index contributed by atoms with van der Waals surface area (Å²) < 4.78 is 28.3. The van der Waals surface area contributed by atoms with Gasteiger partial charge < -0.3 is 15.2 Å². The lowest BCUT2D eigenvalue weighted by Crippen LogP contribution is -2.51. The van der Waals surface area contributed by atoms with Crippen LogP contribution in [0.2, 0.25) is 0 Å². The first kappa shape index (κ1) is 15.3. The van der Waals surface area contributed by atoms with Crippen LogP contribution >= 0.6 is 0 Å². The molecule has 0 spiro atoms. The molecule has 1 unspecified atom stereocenters. The van der Waals surface area contributed by atoms with E-state index in [0.717, 1.165) is 12.8 Å². The Kier molecular flexibility index (Phi) is 4.36. The van der Waals surface area contributed by atoms with E-state index in [1.165, 1.54) is 18.4 Å². The minimum Gasteiger partial charge on any atom is -0.492 e. The summed E-state index contributed by atoms with van der Waals surface area (Å²) in [5, 5.41) is 12.8. The first-order valence-corrected chi connectivity index (χ1v) is 8.53. The Morgan fingerprint density at radius 3 is 2.40 bits per heavy atom. The number of aliphatic hydroxyl groups excluding tert-OH is 1. The van der Waals surface area contributed by atoms with Gasteiger partial charge in [0, 0.05) is 12.3 Å². The average molecular weight is 299 g/mol. The molecule has 0 heterocycles. The molecule has 1 saturated carbocycles. The van der Waals surface area contributed by atoms with Crippen LogP contribution < -0.4 is 10.1 Å². The maximum atomic E-state index is 11.4. The monoisotopic (exact) mass is 299 g/mol. The van der Waals surface area contributed by atoms with Gasteiger partial charge in [0.2, 0.25) is 0 Å². The standard InChI is InChI=1S/C14H21NO4S/c1-14(9-16,15-11-3-4-11)10-19-12-5-7-13(8-6-12)20(2,17)18/h5-8,11,15-16H,3-4,9-10H2,1-2H3. The van der Waals surface area contributed by atoms with E-state index < -0.39 is 15.4 Å². The van der Waals surface area contributed by atoms with Crippen LogP contribution in [-0.2, 0) is 9.84 Å². The molecule has 1 aromatic rings. The summed E-state index contributed by atoms with van der Waals surface area (Å²) >= 11 is 0. The summed E-state index contributed by atoms with van der Waals surface area (Å²) in [5.74, 6) is 0.592. The lowest BCUT2D eigenvalue weighted by atomic mass is 10.1. The van der Waals surface area contributed by atoms with E-state index in [2.05, 4.69) is 5.32 Å². The molecule has 1 aromatic carbocycles. The fraction of sp³-hybridized carbons (Fsp3) is 0.571. The van der Waals surface area contributed by atoms with E-state index in [1.807, 2.05) is 6.92 Å². The Labute approximate surface area is 119 Å². The molecule has 0 aliphatic heterocycles. The molecule has 0 bridgehead atoms. The van der Waals surface area contributed by atoms with Crippen LogP contribution in [0.15, 0.2) is 29.2 Å². The predicted octanol–water partition coefficient (Wildman–Crippen LogP) is 0.972. The molecule has 0 radical (unpaired) electrons. The van der Waals surface area contributed by atoms with Gasteiger partial charge in [0.1, 0.15) is 12.4 Å². The number of rotatable bonds is 7. The zero-order chi connectivity index (χ0) is 14.8. The molecule has 0 aromatic heterocycles. The lowest BCUT2D eigenvalue weighted by Gasteiger charge is -2.28. The Morgan fingerprint density at radius 1 is 1.35 bits per heavy atom. The predicted molar refractivity (Wildman–Crippen MR) is 76.7 cm³/mol.